The van der Waals surface area contributed by atoms with Crippen LogP contribution in [-0.4, -0.2) is 19.3 Å². The minimum atomic E-state index is 0.347. The summed E-state index contributed by atoms with van der Waals surface area (Å²) in [7, 11) is 0. The Kier molecular flexibility index (Phi) is 7.25. The van der Waals surface area contributed by atoms with Gasteiger partial charge in [0, 0.05) is 12.6 Å². The largest absolute Gasteiger partial charge is 0.379 e. The third kappa shape index (κ3) is 5.64. The molecule has 2 nitrogen and oxygen atoms in total. The molecule has 0 aromatic heterocycles. The molecule has 0 amide bonds. The molecule has 0 radical (unpaired) electrons. The molecule has 1 unspecified atom stereocenters. The Labute approximate surface area is 124 Å². The van der Waals surface area contributed by atoms with Gasteiger partial charge in [-0.2, -0.15) is 0 Å². The molecule has 0 saturated carbocycles. The van der Waals surface area contributed by atoms with Gasteiger partial charge in [-0.1, -0.05) is 12.1 Å². The molecule has 1 aromatic carbocycles. The van der Waals surface area contributed by atoms with Crippen molar-refractivity contribution in [1.29, 1.82) is 0 Å². The summed E-state index contributed by atoms with van der Waals surface area (Å²) in [6.07, 6.45) is 2.64. The van der Waals surface area contributed by atoms with E-state index in [2.05, 4.69) is 59.0 Å². The molecular weight excluding hydrogens is 246 g/mol. The van der Waals surface area contributed by atoms with E-state index in [0.717, 1.165) is 19.6 Å². The van der Waals surface area contributed by atoms with Crippen LogP contribution in [0.25, 0.3) is 0 Å². The Balaban J connectivity index is 2.36. The molecule has 1 atom stereocenters. The maximum absolute atomic E-state index is 5.55. The van der Waals surface area contributed by atoms with Crippen molar-refractivity contribution in [3.63, 3.8) is 0 Å². The molecule has 1 aromatic rings. The summed E-state index contributed by atoms with van der Waals surface area (Å²) in [6.45, 7) is 14.9. The van der Waals surface area contributed by atoms with Gasteiger partial charge in [0.15, 0.2) is 0 Å². The zero-order valence-corrected chi connectivity index (χ0v) is 14.0. The van der Waals surface area contributed by atoms with Gasteiger partial charge in [-0.05, 0) is 83.2 Å². The average molecular weight is 277 g/mol. The van der Waals surface area contributed by atoms with Crippen molar-refractivity contribution in [1.82, 2.24) is 5.32 Å². The Morgan fingerprint density at radius 2 is 1.60 bits per heavy atom. The monoisotopic (exact) mass is 277 g/mol. The zero-order chi connectivity index (χ0) is 15.1. The number of hydrogen-bond acceptors (Lipinski definition) is 2. The van der Waals surface area contributed by atoms with Crippen molar-refractivity contribution in [2.24, 2.45) is 0 Å². The standard InChI is InChI=1S/C18H31NO/c1-13(2)20-10-8-7-9-19-17(6)18-12-15(4)14(3)11-16(18)5/h11-13,17,19H,7-10H2,1-6H3. The van der Waals surface area contributed by atoms with Crippen molar-refractivity contribution in [2.45, 2.75) is 66.5 Å². The second-order valence-electron chi connectivity index (χ2n) is 6.10. The fourth-order valence-electron chi connectivity index (χ4n) is 2.42. The summed E-state index contributed by atoms with van der Waals surface area (Å²) in [6, 6.07) is 5.03. The van der Waals surface area contributed by atoms with E-state index in [4.69, 9.17) is 4.74 Å². The predicted molar refractivity (Wildman–Crippen MR) is 87.4 cm³/mol. The van der Waals surface area contributed by atoms with Gasteiger partial charge in [0.2, 0.25) is 0 Å². The van der Waals surface area contributed by atoms with Gasteiger partial charge in [0.1, 0.15) is 0 Å². The average Bonchev–Trinajstić information content (AvgIpc) is 2.37. The van der Waals surface area contributed by atoms with E-state index in [1.165, 1.54) is 28.7 Å². The fraction of sp³-hybridized carbons (Fsp3) is 0.667. The first-order valence-corrected chi connectivity index (χ1v) is 7.84. The zero-order valence-electron chi connectivity index (χ0n) is 14.0. The predicted octanol–water partition coefficient (Wildman–Crippen LogP) is 4.47. The van der Waals surface area contributed by atoms with Crippen LogP contribution in [0.5, 0.6) is 0 Å². The lowest BCUT2D eigenvalue weighted by molar-refractivity contribution is 0.0759. The molecule has 0 fully saturated rings. The van der Waals surface area contributed by atoms with Gasteiger partial charge >= 0.3 is 0 Å². The first kappa shape index (κ1) is 17.2. The molecule has 0 spiro atoms. The highest BCUT2D eigenvalue weighted by atomic mass is 16.5. The van der Waals surface area contributed by atoms with Gasteiger partial charge in [-0.3, -0.25) is 0 Å². The number of unbranched alkanes of at least 4 members (excludes halogenated alkanes) is 1. The molecule has 0 aliphatic heterocycles. The highest BCUT2D eigenvalue weighted by Gasteiger charge is 2.09. The minimum absolute atomic E-state index is 0.347. The van der Waals surface area contributed by atoms with Crippen LogP contribution in [0.1, 0.15) is 61.9 Å². The topological polar surface area (TPSA) is 21.3 Å². The molecule has 0 aliphatic rings. The summed E-state index contributed by atoms with van der Waals surface area (Å²) < 4.78 is 5.55. The van der Waals surface area contributed by atoms with Gasteiger partial charge in [-0.15, -0.1) is 0 Å². The summed E-state index contributed by atoms with van der Waals surface area (Å²) in [5, 5.41) is 3.62. The third-order valence-electron chi connectivity index (χ3n) is 3.82. The van der Waals surface area contributed by atoms with E-state index in [1.54, 1.807) is 0 Å². The Hall–Kier alpha value is -0.860. The van der Waals surface area contributed by atoms with Crippen LogP contribution in [0.3, 0.4) is 0 Å². The second kappa shape index (κ2) is 8.43. The van der Waals surface area contributed by atoms with Crippen LogP contribution in [0.2, 0.25) is 0 Å². The van der Waals surface area contributed by atoms with Gasteiger partial charge in [0.05, 0.1) is 6.10 Å². The first-order valence-electron chi connectivity index (χ1n) is 7.84. The molecular formula is C18H31NO. The first-order chi connectivity index (χ1) is 9.41. The highest BCUT2D eigenvalue weighted by molar-refractivity contribution is 5.37. The lowest BCUT2D eigenvalue weighted by Crippen LogP contribution is -2.21. The minimum Gasteiger partial charge on any atom is -0.379 e. The van der Waals surface area contributed by atoms with E-state index in [1.807, 2.05) is 0 Å². The van der Waals surface area contributed by atoms with Crippen molar-refractivity contribution >= 4 is 0 Å². The number of nitrogens with one attached hydrogen (secondary N) is 1. The van der Waals surface area contributed by atoms with Crippen LogP contribution in [0, 0.1) is 20.8 Å². The molecule has 2 heteroatoms. The van der Waals surface area contributed by atoms with E-state index in [9.17, 15) is 0 Å². The summed E-state index contributed by atoms with van der Waals surface area (Å²) in [4.78, 5) is 0. The van der Waals surface area contributed by atoms with Crippen molar-refractivity contribution in [3.8, 4) is 0 Å². The second-order valence-corrected chi connectivity index (χ2v) is 6.10. The Morgan fingerprint density at radius 3 is 2.25 bits per heavy atom. The van der Waals surface area contributed by atoms with Crippen molar-refractivity contribution in [3.05, 3.63) is 34.4 Å². The quantitative estimate of drug-likeness (QED) is 0.708. The molecule has 0 saturated heterocycles. The third-order valence-corrected chi connectivity index (χ3v) is 3.82. The molecule has 1 N–H and O–H groups in total. The summed E-state index contributed by atoms with van der Waals surface area (Å²) >= 11 is 0. The van der Waals surface area contributed by atoms with Crippen LogP contribution in [-0.2, 0) is 4.74 Å². The van der Waals surface area contributed by atoms with E-state index >= 15 is 0 Å². The summed E-state index contributed by atoms with van der Waals surface area (Å²) in [5.74, 6) is 0. The highest BCUT2D eigenvalue weighted by Crippen LogP contribution is 2.21. The number of benzene rings is 1. The molecule has 0 heterocycles. The maximum Gasteiger partial charge on any atom is 0.0518 e. The normalized spacial score (nSPS) is 12.9. The number of hydrogen-bond donors (Lipinski definition) is 1. The van der Waals surface area contributed by atoms with Crippen LogP contribution >= 0.6 is 0 Å². The lowest BCUT2D eigenvalue weighted by Gasteiger charge is -2.18. The smallest absolute Gasteiger partial charge is 0.0518 e. The van der Waals surface area contributed by atoms with Crippen LogP contribution in [0.4, 0.5) is 0 Å². The molecule has 20 heavy (non-hydrogen) atoms. The van der Waals surface area contributed by atoms with E-state index in [0.29, 0.717) is 12.1 Å². The maximum atomic E-state index is 5.55. The Bertz CT molecular complexity index is 412. The van der Waals surface area contributed by atoms with E-state index in [-0.39, 0.29) is 0 Å². The van der Waals surface area contributed by atoms with Crippen LogP contribution in [0.15, 0.2) is 12.1 Å². The number of ether oxygens (including phenoxy) is 1. The molecule has 1 rings (SSSR count). The van der Waals surface area contributed by atoms with Gasteiger partial charge < -0.3 is 10.1 Å². The number of rotatable bonds is 8. The molecule has 0 bridgehead atoms. The summed E-state index contributed by atoms with van der Waals surface area (Å²) in [5.41, 5.74) is 5.57. The van der Waals surface area contributed by atoms with Gasteiger partial charge in [0.25, 0.3) is 0 Å². The lowest BCUT2D eigenvalue weighted by atomic mass is 9.96. The van der Waals surface area contributed by atoms with Crippen molar-refractivity contribution < 1.29 is 4.74 Å². The van der Waals surface area contributed by atoms with Gasteiger partial charge in [-0.25, -0.2) is 0 Å². The fourth-order valence-corrected chi connectivity index (χ4v) is 2.42. The van der Waals surface area contributed by atoms with Crippen LogP contribution < -0.4 is 5.32 Å². The van der Waals surface area contributed by atoms with E-state index < -0.39 is 0 Å². The van der Waals surface area contributed by atoms with Crippen molar-refractivity contribution in [2.75, 3.05) is 13.2 Å². The Morgan fingerprint density at radius 1 is 0.950 bits per heavy atom. The molecule has 0 aliphatic carbocycles. The SMILES string of the molecule is Cc1cc(C)c(C(C)NCCCCOC(C)C)cc1C. The number of aryl methyl sites for hydroxylation is 3. The molecule has 114 valence electrons.